The monoisotopic (exact) mass is 261 g/mol. The lowest BCUT2D eigenvalue weighted by Gasteiger charge is -2.20. The van der Waals surface area contributed by atoms with Crippen LogP contribution in [0.2, 0.25) is 0 Å². The van der Waals surface area contributed by atoms with Crippen LogP contribution in [0, 0.1) is 5.92 Å². The van der Waals surface area contributed by atoms with Gasteiger partial charge in [-0.3, -0.25) is 0 Å². The fraction of sp³-hybridized carbons (Fsp3) is 1.00. The lowest BCUT2D eigenvalue weighted by Crippen LogP contribution is -2.37. The number of rotatable bonds is 11. The summed E-state index contributed by atoms with van der Waals surface area (Å²) in [6.45, 7) is 10.1. The van der Waals surface area contributed by atoms with Crippen molar-refractivity contribution < 1.29 is 14.6 Å². The van der Waals surface area contributed by atoms with Gasteiger partial charge in [0, 0.05) is 19.7 Å². The molecule has 0 fully saturated rings. The highest BCUT2D eigenvalue weighted by Crippen LogP contribution is 2.09. The van der Waals surface area contributed by atoms with E-state index in [1.807, 2.05) is 6.92 Å². The minimum atomic E-state index is -0.455. The fourth-order valence-electron chi connectivity index (χ4n) is 1.81. The van der Waals surface area contributed by atoms with Crippen molar-refractivity contribution in [3.8, 4) is 0 Å². The number of hydrogen-bond donors (Lipinski definition) is 2. The molecule has 0 rings (SSSR count). The molecule has 110 valence electrons. The molecule has 0 saturated carbocycles. The van der Waals surface area contributed by atoms with Crippen molar-refractivity contribution in [2.75, 3.05) is 26.9 Å². The SMILES string of the molecule is CCC(C)CC(C)NCC(O)COC(C)COC. The quantitative estimate of drug-likeness (QED) is 0.595. The molecule has 0 spiro atoms. The van der Waals surface area contributed by atoms with E-state index in [2.05, 4.69) is 26.1 Å². The van der Waals surface area contributed by atoms with Crippen LogP contribution in [0.3, 0.4) is 0 Å². The molecule has 0 amide bonds. The van der Waals surface area contributed by atoms with Gasteiger partial charge in [0.2, 0.25) is 0 Å². The molecule has 0 aromatic rings. The van der Waals surface area contributed by atoms with Crippen LogP contribution in [0.5, 0.6) is 0 Å². The molecule has 0 aromatic heterocycles. The molecule has 4 unspecified atom stereocenters. The van der Waals surface area contributed by atoms with Gasteiger partial charge in [-0.25, -0.2) is 0 Å². The van der Waals surface area contributed by atoms with Gasteiger partial charge in [-0.1, -0.05) is 20.3 Å². The average molecular weight is 261 g/mol. The third-order valence-corrected chi connectivity index (χ3v) is 3.13. The number of aliphatic hydroxyl groups excluding tert-OH is 1. The molecular formula is C14H31NO3. The van der Waals surface area contributed by atoms with Crippen molar-refractivity contribution >= 4 is 0 Å². The molecule has 0 heterocycles. The van der Waals surface area contributed by atoms with Crippen LogP contribution in [-0.2, 0) is 9.47 Å². The van der Waals surface area contributed by atoms with E-state index in [9.17, 15) is 5.11 Å². The summed E-state index contributed by atoms with van der Waals surface area (Å²) in [7, 11) is 1.65. The van der Waals surface area contributed by atoms with E-state index in [1.165, 1.54) is 6.42 Å². The molecule has 0 bridgehead atoms. The molecule has 0 aliphatic heterocycles. The maximum absolute atomic E-state index is 9.78. The van der Waals surface area contributed by atoms with Crippen LogP contribution in [0.4, 0.5) is 0 Å². The fourth-order valence-corrected chi connectivity index (χ4v) is 1.81. The second-order valence-electron chi connectivity index (χ2n) is 5.31. The van der Waals surface area contributed by atoms with E-state index in [0.717, 1.165) is 12.3 Å². The van der Waals surface area contributed by atoms with Crippen LogP contribution < -0.4 is 5.32 Å². The van der Waals surface area contributed by atoms with Gasteiger partial charge in [0.15, 0.2) is 0 Å². The Bertz CT molecular complexity index is 190. The number of ether oxygens (including phenoxy) is 2. The van der Waals surface area contributed by atoms with Gasteiger partial charge in [0.1, 0.15) is 0 Å². The minimum Gasteiger partial charge on any atom is -0.389 e. The number of aliphatic hydroxyl groups is 1. The second kappa shape index (κ2) is 10.7. The summed E-state index contributed by atoms with van der Waals surface area (Å²) in [4.78, 5) is 0. The van der Waals surface area contributed by atoms with Crippen molar-refractivity contribution in [1.82, 2.24) is 5.32 Å². The molecule has 0 aliphatic rings. The van der Waals surface area contributed by atoms with E-state index in [1.54, 1.807) is 7.11 Å². The van der Waals surface area contributed by atoms with Gasteiger partial charge in [0.05, 0.1) is 25.4 Å². The molecule has 0 aliphatic carbocycles. The van der Waals surface area contributed by atoms with Crippen LogP contribution in [0.15, 0.2) is 0 Å². The maximum Gasteiger partial charge on any atom is 0.0897 e. The van der Waals surface area contributed by atoms with Gasteiger partial charge >= 0.3 is 0 Å². The van der Waals surface area contributed by atoms with Crippen molar-refractivity contribution in [2.45, 2.75) is 58.8 Å². The Morgan fingerprint density at radius 2 is 1.83 bits per heavy atom. The summed E-state index contributed by atoms with van der Waals surface area (Å²) in [5, 5.41) is 13.1. The van der Waals surface area contributed by atoms with Crippen LogP contribution in [0.1, 0.15) is 40.5 Å². The van der Waals surface area contributed by atoms with E-state index < -0.39 is 6.10 Å². The third kappa shape index (κ3) is 9.83. The van der Waals surface area contributed by atoms with Gasteiger partial charge in [-0.15, -0.1) is 0 Å². The van der Waals surface area contributed by atoms with Crippen molar-refractivity contribution in [2.24, 2.45) is 5.92 Å². The Hall–Kier alpha value is -0.160. The van der Waals surface area contributed by atoms with Gasteiger partial charge in [-0.05, 0) is 26.2 Å². The Morgan fingerprint density at radius 1 is 1.17 bits per heavy atom. The number of hydrogen-bond acceptors (Lipinski definition) is 4. The van der Waals surface area contributed by atoms with Crippen LogP contribution >= 0.6 is 0 Å². The highest BCUT2D eigenvalue weighted by atomic mass is 16.5. The Morgan fingerprint density at radius 3 is 2.39 bits per heavy atom. The van der Waals surface area contributed by atoms with Gasteiger partial charge in [0.25, 0.3) is 0 Å². The third-order valence-electron chi connectivity index (χ3n) is 3.13. The molecule has 2 N–H and O–H groups in total. The summed E-state index contributed by atoms with van der Waals surface area (Å²) in [5.74, 6) is 0.725. The van der Waals surface area contributed by atoms with Gasteiger partial charge in [-0.2, -0.15) is 0 Å². The lowest BCUT2D eigenvalue weighted by molar-refractivity contribution is -0.0316. The topological polar surface area (TPSA) is 50.7 Å². The normalized spacial score (nSPS) is 18.3. The van der Waals surface area contributed by atoms with Crippen molar-refractivity contribution in [3.63, 3.8) is 0 Å². The number of methoxy groups -OCH3 is 1. The zero-order chi connectivity index (χ0) is 14.0. The van der Waals surface area contributed by atoms with E-state index in [4.69, 9.17) is 9.47 Å². The van der Waals surface area contributed by atoms with E-state index in [0.29, 0.717) is 25.8 Å². The zero-order valence-electron chi connectivity index (χ0n) is 12.6. The molecule has 0 radical (unpaired) electrons. The summed E-state index contributed by atoms with van der Waals surface area (Å²) in [5.41, 5.74) is 0. The minimum absolute atomic E-state index is 0.0298. The smallest absolute Gasteiger partial charge is 0.0897 e. The van der Waals surface area contributed by atoms with Crippen LogP contribution in [-0.4, -0.2) is 50.2 Å². The summed E-state index contributed by atoms with van der Waals surface area (Å²) >= 11 is 0. The second-order valence-corrected chi connectivity index (χ2v) is 5.31. The Labute approximate surface area is 112 Å². The maximum atomic E-state index is 9.78. The highest BCUT2D eigenvalue weighted by molar-refractivity contribution is 4.67. The molecule has 18 heavy (non-hydrogen) atoms. The van der Waals surface area contributed by atoms with Crippen molar-refractivity contribution in [1.29, 1.82) is 0 Å². The lowest BCUT2D eigenvalue weighted by atomic mass is 10.0. The number of nitrogens with one attached hydrogen (secondary N) is 1. The Balaban J connectivity index is 3.60. The molecule has 4 heteroatoms. The first-order valence-electron chi connectivity index (χ1n) is 7.01. The molecule has 0 aromatic carbocycles. The predicted octanol–water partition coefficient (Wildman–Crippen LogP) is 1.81. The summed E-state index contributed by atoms with van der Waals surface area (Å²) in [6, 6.07) is 0.436. The zero-order valence-corrected chi connectivity index (χ0v) is 12.6. The van der Waals surface area contributed by atoms with E-state index in [-0.39, 0.29) is 6.10 Å². The predicted molar refractivity (Wildman–Crippen MR) is 74.8 cm³/mol. The van der Waals surface area contributed by atoms with Crippen LogP contribution in [0.25, 0.3) is 0 Å². The Kier molecular flexibility index (Phi) is 10.6. The van der Waals surface area contributed by atoms with Crippen molar-refractivity contribution in [3.05, 3.63) is 0 Å². The first-order chi connectivity index (χ1) is 8.49. The molecular weight excluding hydrogens is 230 g/mol. The van der Waals surface area contributed by atoms with Gasteiger partial charge < -0.3 is 19.9 Å². The average Bonchev–Trinajstić information content (AvgIpc) is 2.34. The highest BCUT2D eigenvalue weighted by Gasteiger charge is 2.11. The first kappa shape index (κ1) is 17.8. The summed E-state index contributed by atoms with van der Waals surface area (Å²) < 4.78 is 10.4. The van der Waals surface area contributed by atoms with E-state index >= 15 is 0 Å². The molecule has 4 atom stereocenters. The molecule has 0 saturated heterocycles. The first-order valence-corrected chi connectivity index (χ1v) is 7.01. The standard InChI is InChI=1S/C14H31NO3/c1-6-11(2)7-12(3)15-8-14(16)10-18-13(4)9-17-5/h11-16H,6-10H2,1-5H3. The summed E-state index contributed by atoms with van der Waals surface area (Å²) in [6.07, 6.45) is 1.92. The molecule has 4 nitrogen and oxygen atoms in total. The largest absolute Gasteiger partial charge is 0.389 e.